The van der Waals surface area contributed by atoms with Gasteiger partial charge in [-0.05, 0) is 44.0 Å². The third kappa shape index (κ3) is 4.78. The number of hydrogen-bond acceptors (Lipinski definition) is 3. The Morgan fingerprint density at radius 1 is 1.00 bits per heavy atom. The summed E-state index contributed by atoms with van der Waals surface area (Å²) in [7, 11) is 0. The molecule has 0 bridgehead atoms. The number of rotatable bonds is 8. The van der Waals surface area contributed by atoms with Crippen LogP contribution in [0.2, 0.25) is 0 Å². The molecule has 0 fully saturated rings. The van der Waals surface area contributed by atoms with E-state index in [4.69, 9.17) is 9.47 Å². The summed E-state index contributed by atoms with van der Waals surface area (Å²) >= 11 is 0. The number of anilines is 1. The SMILES string of the molecule is CCOCCOc1ccccc1CNc1cc(C)ccc1C. The van der Waals surface area contributed by atoms with Gasteiger partial charge in [-0.3, -0.25) is 0 Å². The Kier molecular flexibility index (Phi) is 6.28. The van der Waals surface area contributed by atoms with E-state index in [2.05, 4.69) is 43.4 Å². The summed E-state index contributed by atoms with van der Waals surface area (Å²) < 4.78 is 11.1. The minimum absolute atomic E-state index is 0.578. The van der Waals surface area contributed by atoms with Gasteiger partial charge in [-0.2, -0.15) is 0 Å². The van der Waals surface area contributed by atoms with Crippen molar-refractivity contribution in [3.8, 4) is 5.75 Å². The first-order valence-electron chi connectivity index (χ1n) is 7.80. The largest absolute Gasteiger partial charge is 0.491 e. The van der Waals surface area contributed by atoms with E-state index >= 15 is 0 Å². The van der Waals surface area contributed by atoms with Gasteiger partial charge in [0.05, 0.1) is 6.61 Å². The lowest BCUT2D eigenvalue weighted by atomic mass is 10.1. The average molecular weight is 299 g/mol. The molecule has 0 aliphatic carbocycles. The van der Waals surface area contributed by atoms with Crippen LogP contribution in [0.3, 0.4) is 0 Å². The maximum atomic E-state index is 5.82. The second-order valence-corrected chi connectivity index (χ2v) is 5.33. The van der Waals surface area contributed by atoms with E-state index < -0.39 is 0 Å². The monoisotopic (exact) mass is 299 g/mol. The molecule has 0 saturated heterocycles. The van der Waals surface area contributed by atoms with Crippen molar-refractivity contribution in [2.24, 2.45) is 0 Å². The van der Waals surface area contributed by atoms with Crippen molar-refractivity contribution in [3.63, 3.8) is 0 Å². The van der Waals surface area contributed by atoms with E-state index in [-0.39, 0.29) is 0 Å². The van der Waals surface area contributed by atoms with Gasteiger partial charge in [-0.25, -0.2) is 0 Å². The van der Waals surface area contributed by atoms with Gasteiger partial charge in [0, 0.05) is 24.4 Å². The van der Waals surface area contributed by atoms with Gasteiger partial charge in [-0.15, -0.1) is 0 Å². The van der Waals surface area contributed by atoms with Crippen LogP contribution in [-0.2, 0) is 11.3 Å². The Labute approximate surface area is 133 Å². The van der Waals surface area contributed by atoms with Crippen LogP contribution in [-0.4, -0.2) is 19.8 Å². The van der Waals surface area contributed by atoms with Gasteiger partial charge < -0.3 is 14.8 Å². The fourth-order valence-corrected chi connectivity index (χ4v) is 2.26. The van der Waals surface area contributed by atoms with Crippen LogP contribution in [0.25, 0.3) is 0 Å². The highest BCUT2D eigenvalue weighted by atomic mass is 16.5. The minimum atomic E-state index is 0.578. The van der Waals surface area contributed by atoms with Gasteiger partial charge >= 0.3 is 0 Å². The summed E-state index contributed by atoms with van der Waals surface area (Å²) in [5, 5.41) is 3.50. The molecule has 0 aliphatic heterocycles. The van der Waals surface area contributed by atoms with E-state index in [1.807, 2.05) is 25.1 Å². The summed E-state index contributed by atoms with van der Waals surface area (Å²) in [6.07, 6.45) is 0. The normalized spacial score (nSPS) is 10.5. The summed E-state index contributed by atoms with van der Waals surface area (Å²) in [4.78, 5) is 0. The van der Waals surface area contributed by atoms with Gasteiger partial charge in [-0.1, -0.05) is 30.3 Å². The Morgan fingerprint density at radius 3 is 2.64 bits per heavy atom. The third-order valence-electron chi connectivity index (χ3n) is 3.52. The fourth-order valence-electron chi connectivity index (χ4n) is 2.26. The molecule has 0 aliphatic rings. The number of hydrogen-bond donors (Lipinski definition) is 1. The van der Waals surface area contributed by atoms with Crippen LogP contribution in [0.15, 0.2) is 42.5 Å². The summed E-state index contributed by atoms with van der Waals surface area (Å²) in [6.45, 7) is 8.88. The zero-order chi connectivity index (χ0) is 15.8. The van der Waals surface area contributed by atoms with E-state index in [9.17, 15) is 0 Å². The molecule has 0 saturated carbocycles. The van der Waals surface area contributed by atoms with Crippen molar-refractivity contribution >= 4 is 5.69 Å². The molecule has 0 spiro atoms. The van der Waals surface area contributed by atoms with Crippen molar-refractivity contribution in [3.05, 3.63) is 59.2 Å². The summed E-state index contributed by atoms with van der Waals surface area (Å²) in [5.41, 5.74) is 4.83. The van der Waals surface area contributed by atoms with Crippen LogP contribution in [0.5, 0.6) is 5.75 Å². The molecular weight excluding hydrogens is 274 g/mol. The minimum Gasteiger partial charge on any atom is -0.491 e. The third-order valence-corrected chi connectivity index (χ3v) is 3.52. The lowest BCUT2D eigenvalue weighted by molar-refractivity contribution is 0.110. The average Bonchev–Trinajstić information content (AvgIpc) is 2.53. The molecule has 22 heavy (non-hydrogen) atoms. The van der Waals surface area contributed by atoms with Crippen molar-refractivity contribution in [2.45, 2.75) is 27.3 Å². The number of nitrogens with one attached hydrogen (secondary N) is 1. The van der Waals surface area contributed by atoms with E-state index in [0.717, 1.165) is 24.5 Å². The number of aryl methyl sites for hydroxylation is 2. The first-order valence-corrected chi connectivity index (χ1v) is 7.80. The van der Waals surface area contributed by atoms with Gasteiger partial charge in [0.2, 0.25) is 0 Å². The second-order valence-electron chi connectivity index (χ2n) is 5.33. The molecule has 2 aromatic rings. The summed E-state index contributed by atoms with van der Waals surface area (Å²) in [5.74, 6) is 0.917. The van der Waals surface area contributed by atoms with Crippen molar-refractivity contribution in [1.82, 2.24) is 0 Å². The van der Waals surface area contributed by atoms with Crippen LogP contribution in [0, 0.1) is 13.8 Å². The highest BCUT2D eigenvalue weighted by Gasteiger charge is 2.04. The molecule has 0 atom stereocenters. The second kappa shape index (κ2) is 8.44. The van der Waals surface area contributed by atoms with Gasteiger partial charge in [0.15, 0.2) is 0 Å². The molecule has 0 aromatic heterocycles. The van der Waals surface area contributed by atoms with Crippen molar-refractivity contribution in [1.29, 1.82) is 0 Å². The predicted octanol–water partition coefficient (Wildman–Crippen LogP) is 4.33. The maximum Gasteiger partial charge on any atom is 0.124 e. The maximum absolute atomic E-state index is 5.82. The predicted molar refractivity (Wildman–Crippen MR) is 91.7 cm³/mol. The van der Waals surface area contributed by atoms with Crippen LogP contribution in [0.1, 0.15) is 23.6 Å². The lowest BCUT2D eigenvalue weighted by Crippen LogP contribution is -2.09. The molecule has 0 radical (unpaired) electrons. The summed E-state index contributed by atoms with van der Waals surface area (Å²) in [6, 6.07) is 14.6. The molecule has 0 amide bonds. The highest BCUT2D eigenvalue weighted by Crippen LogP contribution is 2.22. The van der Waals surface area contributed by atoms with E-state index in [0.29, 0.717) is 13.2 Å². The Hall–Kier alpha value is -2.00. The molecule has 3 heteroatoms. The Balaban J connectivity index is 1.98. The molecule has 0 unspecified atom stereocenters. The van der Waals surface area contributed by atoms with Crippen LogP contribution in [0.4, 0.5) is 5.69 Å². The molecule has 2 rings (SSSR count). The van der Waals surface area contributed by atoms with Crippen molar-refractivity contribution in [2.75, 3.05) is 25.1 Å². The first-order chi connectivity index (χ1) is 10.7. The number of para-hydroxylation sites is 1. The molecule has 1 N–H and O–H groups in total. The lowest BCUT2D eigenvalue weighted by Gasteiger charge is -2.14. The molecule has 118 valence electrons. The number of ether oxygens (including phenoxy) is 2. The molecule has 0 heterocycles. The van der Waals surface area contributed by atoms with Crippen molar-refractivity contribution < 1.29 is 9.47 Å². The highest BCUT2D eigenvalue weighted by molar-refractivity contribution is 5.53. The Morgan fingerprint density at radius 2 is 1.82 bits per heavy atom. The first kappa shape index (κ1) is 16.4. The fraction of sp³-hybridized carbons (Fsp3) is 0.368. The molecule has 3 nitrogen and oxygen atoms in total. The van der Waals surface area contributed by atoms with E-state index in [1.54, 1.807) is 0 Å². The Bertz CT molecular complexity index is 596. The molecular formula is C19H25NO2. The van der Waals surface area contributed by atoms with Gasteiger partial charge in [0.1, 0.15) is 12.4 Å². The van der Waals surface area contributed by atoms with Crippen LogP contribution >= 0.6 is 0 Å². The number of benzene rings is 2. The molecule has 2 aromatic carbocycles. The topological polar surface area (TPSA) is 30.5 Å². The smallest absolute Gasteiger partial charge is 0.124 e. The zero-order valence-corrected chi connectivity index (χ0v) is 13.7. The standard InChI is InChI=1S/C19H25NO2/c1-4-21-11-12-22-19-8-6-5-7-17(19)14-20-18-13-15(2)9-10-16(18)3/h5-10,13,20H,4,11-12,14H2,1-3H3. The van der Waals surface area contributed by atoms with E-state index in [1.165, 1.54) is 16.8 Å². The quantitative estimate of drug-likeness (QED) is 0.736. The zero-order valence-electron chi connectivity index (χ0n) is 13.7. The van der Waals surface area contributed by atoms with Crippen LogP contribution < -0.4 is 10.1 Å². The van der Waals surface area contributed by atoms with Gasteiger partial charge in [0.25, 0.3) is 0 Å².